The number of thioether (sulfide) groups is 1. The SMILES string of the molecule is O=C(Nc1ccc(F)cc1Cl)c1ccccc1SC(F)F. The summed E-state index contributed by atoms with van der Waals surface area (Å²) in [5.41, 5.74) is 0.308. The van der Waals surface area contributed by atoms with Crippen molar-refractivity contribution in [2.45, 2.75) is 10.7 Å². The van der Waals surface area contributed by atoms with E-state index in [1.807, 2.05) is 0 Å². The molecule has 0 radical (unpaired) electrons. The van der Waals surface area contributed by atoms with Gasteiger partial charge in [-0.3, -0.25) is 4.79 Å². The van der Waals surface area contributed by atoms with Crippen molar-refractivity contribution in [3.63, 3.8) is 0 Å². The Kier molecular flexibility index (Phi) is 5.14. The van der Waals surface area contributed by atoms with Crippen molar-refractivity contribution in [2.24, 2.45) is 0 Å². The molecule has 0 unspecified atom stereocenters. The van der Waals surface area contributed by atoms with Gasteiger partial charge in [0.2, 0.25) is 0 Å². The van der Waals surface area contributed by atoms with Gasteiger partial charge in [0.1, 0.15) is 5.82 Å². The third-order valence-corrected chi connectivity index (χ3v) is 3.63. The van der Waals surface area contributed by atoms with Crippen LogP contribution in [0.2, 0.25) is 5.02 Å². The molecule has 0 aromatic heterocycles. The topological polar surface area (TPSA) is 29.1 Å². The summed E-state index contributed by atoms with van der Waals surface area (Å²) in [5, 5.41) is 2.50. The highest BCUT2D eigenvalue weighted by molar-refractivity contribution is 7.99. The van der Waals surface area contributed by atoms with Crippen LogP contribution in [0.4, 0.5) is 18.9 Å². The van der Waals surface area contributed by atoms with Gasteiger partial charge in [-0.05, 0) is 30.3 Å². The Morgan fingerprint density at radius 2 is 1.90 bits per heavy atom. The summed E-state index contributed by atoms with van der Waals surface area (Å²) in [4.78, 5) is 12.3. The molecule has 1 N–H and O–H groups in total. The molecule has 0 atom stereocenters. The first kappa shape index (κ1) is 15.7. The molecule has 2 aromatic rings. The number of hydrogen-bond donors (Lipinski definition) is 1. The van der Waals surface area contributed by atoms with Crippen LogP contribution in [0.25, 0.3) is 0 Å². The monoisotopic (exact) mass is 331 g/mol. The summed E-state index contributed by atoms with van der Waals surface area (Å²) >= 11 is 6.09. The molecule has 0 bridgehead atoms. The highest BCUT2D eigenvalue weighted by atomic mass is 35.5. The first-order valence-corrected chi connectivity index (χ1v) is 7.03. The average Bonchev–Trinajstić information content (AvgIpc) is 2.42. The zero-order chi connectivity index (χ0) is 15.4. The van der Waals surface area contributed by atoms with Gasteiger partial charge < -0.3 is 5.32 Å². The maximum Gasteiger partial charge on any atom is 0.288 e. The van der Waals surface area contributed by atoms with Crippen molar-refractivity contribution in [2.75, 3.05) is 5.32 Å². The molecule has 0 fully saturated rings. The first-order chi connectivity index (χ1) is 9.97. The summed E-state index contributed by atoms with van der Waals surface area (Å²) < 4.78 is 37.9. The minimum Gasteiger partial charge on any atom is -0.321 e. The number of amides is 1. The minimum absolute atomic E-state index is 0.0299. The van der Waals surface area contributed by atoms with Crippen LogP contribution in [-0.4, -0.2) is 11.7 Å². The number of hydrogen-bond acceptors (Lipinski definition) is 2. The second kappa shape index (κ2) is 6.87. The smallest absolute Gasteiger partial charge is 0.288 e. The molecule has 2 aromatic carbocycles. The fraction of sp³-hybridized carbons (Fsp3) is 0.0714. The Morgan fingerprint density at radius 3 is 2.57 bits per heavy atom. The van der Waals surface area contributed by atoms with Crippen LogP contribution in [0.3, 0.4) is 0 Å². The van der Waals surface area contributed by atoms with Crippen LogP contribution < -0.4 is 5.32 Å². The second-order valence-corrected chi connectivity index (χ2v) is 5.39. The van der Waals surface area contributed by atoms with Crippen molar-refractivity contribution in [1.29, 1.82) is 0 Å². The molecule has 7 heteroatoms. The van der Waals surface area contributed by atoms with Gasteiger partial charge in [-0.15, -0.1) is 0 Å². The Morgan fingerprint density at radius 1 is 1.19 bits per heavy atom. The zero-order valence-electron chi connectivity index (χ0n) is 10.4. The lowest BCUT2D eigenvalue weighted by molar-refractivity contribution is 0.102. The van der Waals surface area contributed by atoms with E-state index in [4.69, 9.17) is 11.6 Å². The second-order valence-electron chi connectivity index (χ2n) is 3.95. The Hall–Kier alpha value is -1.66. The number of carbonyl (C=O) groups excluding carboxylic acids is 1. The number of carbonyl (C=O) groups is 1. The quantitative estimate of drug-likeness (QED) is 0.795. The van der Waals surface area contributed by atoms with E-state index >= 15 is 0 Å². The molecule has 21 heavy (non-hydrogen) atoms. The van der Waals surface area contributed by atoms with Crippen LogP contribution in [0.15, 0.2) is 47.4 Å². The lowest BCUT2D eigenvalue weighted by Crippen LogP contribution is -2.13. The van der Waals surface area contributed by atoms with E-state index in [1.54, 1.807) is 12.1 Å². The highest BCUT2D eigenvalue weighted by Crippen LogP contribution is 2.29. The van der Waals surface area contributed by atoms with Crippen molar-refractivity contribution < 1.29 is 18.0 Å². The van der Waals surface area contributed by atoms with E-state index in [1.165, 1.54) is 18.2 Å². The predicted molar refractivity (Wildman–Crippen MR) is 77.7 cm³/mol. The average molecular weight is 332 g/mol. The van der Waals surface area contributed by atoms with Crippen LogP contribution in [0, 0.1) is 5.82 Å². The third kappa shape index (κ3) is 4.15. The molecule has 0 aliphatic heterocycles. The van der Waals surface area contributed by atoms with Gasteiger partial charge >= 0.3 is 0 Å². The molecule has 0 saturated carbocycles. The molecule has 0 heterocycles. The molecule has 0 aliphatic rings. The number of halogens is 4. The summed E-state index contributed by atoms with van der Waals surface area (Å²) in [6.07, 6.45) is 0. The van der Waals surface area contributed by atoms with Gasteiger partial charge in [0, 0.05) is 4.90 Å². The van der Waals surface area contributed by atoms with Crippen molar-refractivity contribution in [1.82, 2.24) is 0 Å². The minimum atomic E-state index is -2.63. The van der Waals surface area contributed by atoms with Gasteiger partial charge in [-0.1, -0.05) is 35.5 Å². The van der Waals surface area contributed by atoms with Crippen LogP contribution in [0.1, 0.15) is 10.4 Å². The van der Waals surface area contributed by atoms with Crippen molar-refractivity contribution >= 4 is 35.0 Å². The molecule has 0 saturated heterocycles. The normalized spacial score (nSPS) is 10.7. The molecular formula is C14H9ClF3NOS. The largest absolute Gasteiger partial charge is 0.321 e. The number of alkyl halides is 2. The van der Waals surface area contributed by atoms with Gasteiger partial charge in [0.05, 0.1) is 16.3 Å². The van der Waals surface area contributed by atoms with E-state index in [9.17, 15) is 18.0 Å². The lowest BCUT2D eigenvalue weighted by atomic mass is 10.2. The van der Waals surface area contributed by atoms with Gasteiger partial charge in [-0.2, -0.15) is 8.78 Å². The van der Waals surface area contributed by atoms with Crippen molar-refractivity contribution in [3.05, 3.63) is 58.9 Å². The lowest BCUT2D eigenvalue weighted by Gasteiger charge is -2.10. The predicted octanol–water partition coefficient (Wildman–Crippen LogP) is 5.05. The summed E-state index contributed by atoms with van der Waals surface area (Å²) in [5.74, 6) is -3.76. The van der Waals surface area contributed by atoms with Crippen LogP contribution in [-0.2, 0) is 0 Å². The molecular weight excluding hydrogens is 323 g/mol. The summed E-state index contributed by atoms with van der Waals surface area (Å²) in [7, 11) is 0. The van der Waals surface area contributed by atoms with E-state index in [2.05, 4.69) is 5.32 Å². The van der Waals surface area contributed by atoms with E-state index in [0.29, 0.717) is 0 Å². The van der Waals surface area contributed by atoms with E-state index in [-0.39, 0.29) is 32.9 Å². The van der Waals surface area contributed by atoms with Crippen molar-refractivity contribution in [3.8, 4) is 0 Å². The maximum absolute atomic E-state index is 12.9. The van der Waals surface area contributed by atoms with Crippen LogP contribution >= 0.6 is 23.4 Å². The van der Waals surface area contributed by atoms with Crippen LogP contribution in [0.5, 0.6) is 0 Å². The zero-order valence-corrected chi connectivity index (χ0v) is 12.0. The Bertz CT molecular complexity index is 666. The maximum atomic E-state index is 12.9. The van der Waals surface area contributed by atoms with E-state index < -0.39 is 17.5 Å². The number of anilines is 1. The molecule has 1 amide bonds. The molecule has 0 spiro atoms. The summed E-state index contributed by atoms with van der Waals surface area (Å²) in [6.45, 7) is 0. The Balaban J connectivity index is 2.24. The van der Waals surface area contributed by atoms with E-state index in [0.717, 1.165) is 12.1 Å². The Labute approximate surface area is 128 Å². The standard InChI is InChI=1S/C14H9ClF3NOS/c15-10-7-8(16)5-6-11(10)19-13(20)9-3-1-2-4-12(9)21-14(17)18/h1-7,14H,(H,19,20). The molecule has 110 valence electrons. The fourth-order valence-corrected chi connectivity index (χ4v) is 2.48. The number of rotatable bonds is 4. The molecule has 0 aliphatic carbocycles. The fourth-order valence-electron chi connectivity index (χ4n) is 1.63. The molecule has 2 rings (SSSR count). The van der Waals surface area contributed by atoms with Gasteiger partial charge in [-0.25, -0.2) is 4.39 Å². The molecule has 2 nitrogen and oxygen atoms in total. The first-order valence-electron chi connectivity index (χ1n) is 5.77. The third-order valence-electron chi connectivity index (χ3n) is 2.53. The van der Waals surface area contributed by atoms with Gasteiger partial charge in [0.25, 0.3) is 11.7 Å². The highest BCUT2D eigenvalue weighted by Gasteiger charge is 2.16. The van der Waals surface area contributed by atoms with Gasteiger partial charge in [0.15, 0.2) is 0 Å². The summed E-state index contributed by atoms with van der Waals surface area (Å²) in [6, 6.07) is 9.48. The number of benzene rings is 2. The number of nitrogens with one attached hydrogen (secondary N) is 1.